The van der Waals surface area contributed by atoms with Crippen LogP contribution in [-0.4, -0.2) is 31.6 Å². The first-order chi connectivity index (χ1) is 14.3. The lowest BCUT2D eigenvalue weighted by Crippen LogP contribution is -2.46. The molecule has 1 N–H and O–H groups in total. The Balaban J connectivity index is 1.47. The zero-order valence-corrected chi connectivity index (χ0v) is 17.0. The Kier molecular flexibility index (Phi) is 6.31. The fourth-order valence-corrected chi connectivity index (χ4v) is 3.83. The molecule has 2 aromatic carbocycles. The number of furan rings is 1. The maximum absolute atomic E-state index is 6.11. The van der Waals surface area contributed by atoms with E-state index >= 15 is 0 Å². The van der Waals surface area contributed by atoms with E-state index < -0.39 is 0 Å². The fourth-order valence-electron chi connectivity index (χ4n) is 3.83. The molecule has 1 aliphatic heterocycles. The molecular formula is C25H27NO3. The Hall–Kier alpha value is -2.58. The van der Waals surface area contributed by atoms with Gasteiger partial charge in [-0.25, -0.2) is 0 Å². The second-order valence-electron chi connectivity index (χ2n) is 7.29. The van der Waals surface area contributed by atoms with E-state index in [0.29, 0.717) is 12.6 Å². The number of nitrogens with one attached hydrogen (secondary N) is 1. The molecule has 0 amide bonds. The van der Waals surface area contributed by atoms with Gasteiger partial charge in [-0.05, 0) is 32.0 Å². The first-order valence-electron chi connectivity index (χ1n) is 10.3. The smallest absolute Gasteiger partial charge is 0.159 e. The van der Waals surface area contributed by atoms with Crippen molar-refractivity contribution in [2.45, 2.75) is 45.1 Å². The van der Waals surface area contributed by atoms with Gasteiger partial charge in [0.1, 0.15) is 12.2 Å². The van der Waals surface area contributed by atoms with Crippen molar-refractivity contribution in [2.24, 2.45) is 0 Å². The van der Waals surface area contributed by atoms with E-state index in [1.54, 1.807) is 0 Å². The SMILES string of the molecule is CCN[C@H]1CC[C@H](OCC#Cc2c(-c3ccccc3)oc3ccccc23)O[C@H]1C. The second kappa shape index (κ2) is 9.28. The average molecular weight is 389 g/mol. The van der Waals surface area contributed by atoms with Crippen molar-refractivity contribution in [1.82, 2.24) is 5.32 Å². The van der Waals surface area contributed by atoms with Crippen molar-refractivity contribution in [1.29, 1.82) is 0 Å². The molecule has 3 aromatic rings. The van der Waals surface area contributed by atoms with Crippen LogP contribution in [0.4, 0.5) is 0 Å². The maximum Gasteiger partial charge on any atom is 0.159 e. The summed E-state index contributed by atoms with van der Waals surface area (Å²) in [6, 6.07) is 18.5. The predicted octanol–water partition coefficient (Wildman–Crippen LogP) is 4.97. The quantitative estimate of drug-likeness (QED) is 0.626. The largest absolute Gasteiger partial charge is 0.455 e. The first kappa shape index (κ1) is 19.7. The van der Waals surface area contributed by atoms with Crippen molar-refractivity contribution in [3.63, 3.8) is 0 Å². The summed E-state index contributed by atoms with van der Waals surface area (Å²) in [5.41, 5.74) is 2.77. The van der Waals surface area contributed by atoms with E-state index in [2.05, 4.69) is 31.0 Å². The molecule has 3 atom stereocenters. The molecule has 1 aliphatic rings. The number of hydrogen-bond donors (Lipinski definition) is 1. The van der Waals surface area contributed by atoms with E-state index in [1.807, 2.05) is 54.6 Å². The summed E-state index contributed by atoms with van der Waals surface area (Å²) in [5, 5.41) is 4.48. The van der Waals surface area contributed by atoms with Crippen molar-refractivity contribution >= 4 is 11.0 Å². The van der Waals surface area contributed by atoms with Gasteiger partial charge in [0, 0.05) is 23.4 Å². The highest BCUT2D eigenvalue weighted by Crippen LogP contribution is 2.32. The minimum atomic E-state index is -0.191. The van der Waals surface area contributed by atoms with E-state index in [1.165, 1.54) is 0 Å². The molecule has 1 aromatic heterocycles. The van der Waals surface area contributed by atoms with Gasteiger partial charge in [0.25, 0.3) is 0 Å². The van der Waals surface area contributed by atoms with Crippen LogP contribution in [0.3, 0.4) is 0 Å². The molecule has 1 saturated heterocycles. The van der Waals surface area contributed by atoms with Gasteiger partial charge >= 0.3 is 0 Å². The molecule has 0 spiro atoms. The molecule has 0 aliphatic carbocycles. The molecule has 4 nitrogen and oxygen atoms in total. The Morgan fingerprint density at radius 3 is 2.66 bits per heavy atom. The van der Waals surface area contributed by atoms with Crippen LogP contribution in [0.25, 0.3) is 22.3 Å². The number of ether oxygens (including phenoxy) is 2. The number of likely N-dealkylation sites (N-methyl/N-ethyl adjacent to an activating group) is 1. The van der Waals surface area contributed by atoms with Gasteiger partial charge in [0.2, 0.25) is 0 Å². The number of fused-ring (bicyclic) bond motifs is 1. The van der Waals surface area contributed by atoms with Gasteiger partial charge in [-0.2, -0.15) is 0 Å². The molecule has 2 heterocycles. The Morgan fingerprint density at radius 2 is 1.86 bits per heavy atom. The van der Waals surface area contributed by atoms with Crippen molar-refractivity contribution < 1.29 is 13.9 Å². The van der Waals surface area contributed by atoms with Gasteiger partial charge in [-0.3, -0.25) is 0 Å². The standard InChI is InChI=1S/C25H27NO3/c1-3-26-22-15-16-24(28-18(22)2)27-17-9-13-21-20-12-7-8-14-23(20)29-25(21)19-10-5-4-6-11-19/h4-8,10-12,14,18,22,24,26H,3,15-17H2,1-2H3/t18-,22-,24+/m0/s1. The molecule has 4 rings (SSSR count). The first-order valence-corrected chi connectivity index (χ1v) is 10.3. The zero-order chi connectivity index (χ0) is 20.1. The van der Waals surface area contributed by atoms with E-state index in [-0.39, 0.29) is 12.4 Å². The number of para-hydroxylation sites is 1. The highest BCUT2D eigenvalue weighted by atomic mass is 16.7. The maximum atomic E-state index is 6.11. The number of hydrogen-bond acceptors (Lipinski definition) is 4. The third kappa shape index (κ3) is 4.54. The van der Waals surface area contributed by atoms with Crippen molar-refractivity contribution in [3.8, 4) is 23.2 Å². The lowest BCUT2D eigenvalue weighted by molar-refractivity contribution is -0.190. The molecule has 4 heteroatoms. The summed E-state index contributed by atoms with van der Waals surface area (Å²) >= 11 is 0. The third-order valence-corrected chi connectivity index (χ3v) is 5.30. The second-order valence-corrected chi connectivity index (χ2v) is 7.29. The molecular weight excluding hydrogens is 362 g/mol. The average Bonchev–Trinajstić information content (AvgIpc) is 3.12. The van der Waals surface area contributed by atoms with Gasteiger partial charge in [-0.15, -0.1) is 0 Å². The molecule has 0 saturated carbocycles. The lowest BCUT2D eigenvalue weighted by Gasteiger charge is -2.34. The Morgan fingerprint density at radius 1 is 1.07 bits per heavy atom. The molecule has 150 valence electrons. The molecule has 29 heavy (non-hydrogen) atoms. The monoisotopic (exact) mass is 389 g/mol. The fraction of sp³-hybridized carbons (Fsp3) is 0.360. The Bertz CT molecular complexity index is 999. The third-order valence-electron chi connectivity index (χ3n) is 5.30. The summed E-state index contributed by atoms with van der Waals surface area (Å²) < 4.78 is 18.0. The van der Waals surface area contributed by atoms with Crippen molar-refractivity contribution in [3.05, 3.63) is 60.2 Å². The van der Waals surface area contributed by atoms with Gasteiger partial charge < -0.3 is 19.2 Å². The lowest BCUT2D eigenvalue weighted by atomic mass is 10.0. The number of rotatable bonds is 5. The van der Waals surface area contributed by atoms with Crippen LogP contribution in [0.5, 0.6) is 0 Å². The van der Waals surface area contributed by atoms with Crippen LogP contribution in [0, 0.1) is 11.8 Å². The summed E-state index contributed by atoms with van der Waals surface area (Å²) in [6.45, 7) is 5.50. The highest BCUT2D eigenvalue weighted by Gasteiger charge is 2.27. The Labute approximate surface area is 172 Å². The summed E-state index contributed by atoms with van der Waals surface area (Å²) in [7, 11) is 0. The van der Waals surface area contributed by atoms with Gasteiger partial charge in [0.15, 0.2) is 12.1 Å². The van der Waals surface area contributed by atoms with E-state index in [9.17, 15) is 0 Å². The van der Waals surface area contributed by atoms with Crippen LogP contribution < -0.4 is 5.32 Å². The van der Waals surface area contributed by atoms with Crippen LogP contribution in [-0.2, 0) is 9.47 Å². The normalized spacial score (nSPS) is 21.7. The topological polar surface area (TPSA) is 43.6 Å². The van der Waals surface area contributed by atoms with Gasteiger partial charge in [0.05, 0.1) is 11.7 Å². The van der Waals surface area contributed by atoms with Crippen LogP contribution in [0.15, 0.2) is 59.0 Å². The van der Waals surface area contributed by atoms with E-state index in [4.69, 9.17) is 13.9 Å². The highest BCUT2D eigenvalue weighted by molar-refractivity contribution is 5.91. The minimum absolute atomic E-state index is 0.143. The van der Waals surface area contributed by atoms with Crippen LogP contribution >= 0.6 is 0 Å². The van der Waals surface area contributed by atoms with Crippen LogP contribution in [0.1, 0.15) is 32.3 Å². The van der Waals surface area contributed by atoms with Crippen LogP contribution in [0.2, 0.25) is 0 Å². The molecule has 1 fully saturated rings. The van der Waals surface area contributed by atoms with Gasteiger partial charge in [-0.1, -0.05) is 61.2 Å². The minimum Gasteiger partial charge on any atom is -0.455 e. The summed E-state index contributed by atoms with van der Waals surface area (Å²) in [4.78, 5) is 0. The number of benzene rings is 2. The van der Waals surface area contributed by atoms with Crippen molar-refractivity contribution in [2.75, 3.05) is 13.2 Å². The predicted molar refractivity (Wildman–Crippen MR) is 116 cm³/mol. The summed E-state index contributed by atoms with van der Waals surface area (Å²) in [6.07, 6.45) is 1.89. The molecule has 0 radical (unpaired) electrons. The summed E-state index contributed by atoms with van der Waals surface area (Å²) in [5.74, 6) is 7.24. The van der Waals surface area contributed by atoms with E-state index in [0.717, 1.165) is 47.2 Å². The zero-order valence-electron chi connectivity index (χ0n) is 17.0. The molecule has 0 bridgehead atoms. The molecule has 0 unspecified atom stereocenters.